The largest absolute Gasteiger partial charge is 0.418 e. The molecule has 0 fully saturated rings. The number of hydrogen-bond donors (Lipinski definition) is 2. The van der Waals surface area contributed by atoms with Crippen LogP contribution >= 0.6 is 0 Å². The molecular weight excluding hydrogens is 197 g/mol. The molecule has 0 aromatic rings. The Morgan fingerprint density at radius 3 is 2.07 bits per heavy atom. The number of carbonyl (C=O) groups excluding carboxylic acids is 1. The predicted molar refractivity (Wildman–Crippen MR) is 45.8 cm³/mol. The molecule has 0 aliphatic carbocycles. The number of nitrogens with two attached hydrogens (primary N) is 2. The Morgan fingerprint density at radius 1 is 1.29 bits per heavy atom. The van der Waals surface area contributed by atoms with Crippen LogP contribution in [0.3, 0.4) is 0 Å². The van der Waals surface area contributed by atoms with Crippen molar-refractivity contribution in [3.05, 3.63) is 36.1 Å². The molecule has 0 bridgehead atoms. The minimum absolute atomic E-state index is 0.632. The minimum atomic E-state index is -4.71. The van der Waals surface area contributed by atoms with Gasteiger partial charge in [0.05, 0.1) is 5.57 Å². The van der Waals surface area contributed by atoms with E-state index in [9.17, 15) is 18.0 Å². The molecule has 0 heterocycles. The molecule has 0 unspecified atom stereocenters. The van der Waals surface area contributed by atoms with Gasteiger partial charge in [0, 0.05) is 0 Å². The molecule has 0 atom stereocenters. The van der Waals surface area contributed by atoms with Crippen molar-refractivity contribution in [3.8, 4) is 0 Å². The summed E-state index contributed by atoms with van der Waals surface area (Å²) in [5.41, 5.74) is 7.22. The fraction of sp³-hybridized carbons (Fsp3) is 0.125. The van der Waals surface area contributed by atoms with E-state index in [0.29, 0.717) is 6.08 Å². The van der Waals surface area contributed by atoms with Gasteiger partial charge in [0.15, 0.2) is 0 Å². The Kier molecular flexibility index (Phi) is 3.95. The lowest BCUT2D eigenvalue weighted by Crippen LogP contribution is -2.26. The monoisotopic (exact) mass is 206 g/mol. The van der Waals surface area contributed by atoms with Crippen LogP contribution in [0.5, 0.6) is 0 Å². The van der Waals surface area contributed by atoms with Crippen molar-refractivity contribution in [1.29, 1.82) is 0 Å². The highest BCUT2D eigenvalue weighted by molar-refractivity contribution is 5.92. The lowest BCUT2D eigenvalue weighted by Gasteiger charge is -2.09. The molecule has 0 aromatic carbocycles. The first-order valence-corrected chi connectivity index (χ1v) is 3.46. The summed E-state index contributed by atoms with van der Waals surface area (Å²) < 4.78 is 36.7. The molecule has 0 aliphatic heterocycles. The third-order valence-corrected chi connectivity index (χ3v) is 1.26. The first kappa shape index (κ1) is 12.3. The maximum Gasteiger partial charge on any atom is 0.418 e. The molecule has 3 nitrogen and oxygen atoms in total. The van der Waals surface area contributed by atoms with Gasteiger partial charge in [-0.05, 0) is 6.08 Å². The molecule has 0 radical (unpaired) electrons. The second kappa shape index (κ2) is 4.50. The smallest absolute Gasteiger partial charge is 0.394 e. The lowest BCUT2D eigenvalue weighted by atomic mass is 10.1. The van der Waals surface area contributed by atoms with E-state index in [1.807, 2.05) is 0 Å². The minimum Gasteiger partial charge on any atom is -0.394 e. The van der Waals surface area contributed by atoms with Crippen molar-refractivity contribution in [1.82, 2.24) is 0 Å². The van der Waals surface area contributed by atoms with E-state index in [0.717, 1.165) is 12.2 Å². The highest BCUT2D eigenvalue weighted by Crippen LogP contribution is 2.27. The summed E-state index contributed by atoms with van der Waals surface area (Å²) in [6, 6.07) is 0. The van der Waals surface area contributed by atoms with E-state index in [1.165, 1.54) is 0 Å². The number of allylic oxidation sites excluding steroid dienone is 4. The van der Waals surface area contributed by atoms with Crippen LogP contribution in [0, 0.1) is 0 Å². The van der Waals surface area contributed by atoms with Crippen LogP contribution in [0.4, 0.5) is 13.2 Å². The normalized spacial score (nSPS) is 13.9. The number of primary amides is 1. The van der Waals surface area contributed by atoms with Crippen molar-refractivity contribution in [3.63, 3.8) is 0 Å². The van der Waals surface area contributed by atoms with Crippen molar-refractivity contribution in [2.75, 3.05) is 0 Å². The molecular formula is C8H9F3N2O. The second-order valence-electron chi connectivity index (χ2n) is 2.28. The van der Waals surface area contributed by atoms with Crippen LogP contribution in [0.1, 0.15) is 0 Å². The zero-order chi connectivity index (χ0) is 11.4. The lowest BCUT2D eigenvalue weighted by molar-refractivity contribution is -0.116. The average Bonchev–Trinajstić information content (AvgIpc) is 2.02. The van der Waals surface area contributed by atoms with Crippen LogP contribution in [-0.2, 0) is 4.79 Å². The van der Waals surface area contributed by atoms with Gasteiger partial charge in [0.2, 0.25) is 0 Å². The summed E-state index contributed by atoms with van der Waals surface area (Å²) in [5.74, 6) is -1.31. The van der Waals surface area contributed by atoms with Gasteiger partial charge in [-0.2, -0.15) is 13.2 Å². The van der Waals surface area contributed by atoms with Crippen molar-refractivity contribution in [2.24, 2.45) is 11.5 Å². The number of carbonyl (C=O) groups is 1. The average molecular weight is 206 g/mol. The molecule has 0 rings (SSSR count). The van der Waals surface area contributed by atoms with E-state index in [-0.39, 0.29) is 0 Å². The first-order valence-electron chi connectivity index (χ1n) is 3.46. The van der Waals surface area contributed by atoms with Gasteiger partial charge >= 0.3 is 6.18 Å². The molecule has 0 aromatic heterocycles. The number of amides is 1. The molecule has 4 N–H and O–H groups in total. The van der Waals surface area contributed by atoms with Crippen LogP contribution in [-0.4, -0.2) is 12.1 Å². The van der Waals surface area contributed by atoms with Crippen LogP contribution in [0.15, 0.2) is 36.1 Å². The van der Waals surface area contributed by atoms with Crippen molar-refractivity contribution >= 4 is 5.91 Å². The van der Waals surface area contributed by atoms with Crippen molar-refractivity contribution in [2.45, 2.75) is 6.18 Å². The quantitative estimate of drug-likeness (QED) is 0.534. The molecule has 14 heavy (non-hydrogen) atoms. The van der Waals surface area contributed by atoms with Crippen molar-refractivity contribution < 1.29 is 18.0 Å². The van der Waals surface area contributed by atoms with Gasteiger partial charge in [-0.15, -0.1) is 0 Å². The summed E-state index contributed by atoms with van der Waals surface area (Å²) in [4.78, 5) is 10.4. The number of rotatable bonds is 3. The summed E-state index contributed by atoms with van der Waals surface area (Å²) in [5, 5.41) is 0. The number of alkyl halides is 3. The Labute approximate surface area is 78.6 Å². The molecule has 78 valence electrons. The van der Waals surface area contributed by atoms with E-state index >= 15 is 0 Å². The van der Waals surface area contributed by atoms with Gasteiger partial charge in [0.25, 0.3) is 5.91 Å². The Balaban J connectivity index is 5.31. The summed E-state index contributed by atoms with van der Waals surface area (Å²) in [6.45, 7) is 3.19. The summed E-state index contributed by atoms with van der Waals surface area (Å²) in [7, 11) is 0. The fourth-order valence-electron chi connectivity index (χ4n) is 0.634. The Bertz CT molecular complexity index is 302. The Hall–Kier alpha value is -1.72. The number of halogens is 3. The maximum atomic E-state index is 12.2. The number of hydrogen-bond acceptors (Lipinski definition) is 2. The summed E-state index contributed by atoms with van der Waals surface area (Å²) >= 11 is 0. The van der Waals surface area contributed by atoms with E-state index in [1.54, 1.807) is 0 Å². The fourth-order valence-corrected chi connectivity index (χ4v) is 0.634. The van der Waals surface area contributed by atoms with Gasteiger partial charge in [-0.25, -0.2) is 0 Å². The van der Waals surface area contributed by atoms with Gasteiger partial charge < -0.3 is 11.5 Å². The van der Waals surface area contributed by atoms with Gasteiger partial charge in [-0.3, -0.25) is 4.79 Å². The standard InChI is InChI=1S/C8H9F3N2O/c1-2-3-4-5(8(9,10)11)6(12)7(13)14/h2-4H,1,12H2,(H2,13,14)/b4-3-,6-5+. The van der Waals surface area contributed by atoms with Gasteiger partial charge in [0.1, 0.15) is 5.70 Å². The highest BCUT2D eigenvalue weighted by Gasteiger charge is 2.35. The second-order valence-corrected chi connectivity index (χ2v) is 2.28. The van der Waals surface area contributed by atoms with E-state index in [4.69, 9.17) is 5.73 Å². The molecule has 0 saturated heterocycles. The molecule has 0 saturated carbocycles. The molecule has 1 amide bonds. The highest BCUT2D eigenvalue weighted by atomic mass is 19.4. The SMILES string of the molecule is C=C/C=C\C(=C(/N)C(N)=O)C(F)(F)F. The predicted octanol–water partition coefficient (Wildman–Crippen LogP) is 0.989. The zero-order valence-corrected chi connectivity index (χ0v) is 7.14. The molecule has 0 aliphatic rings. The molecule has 0 spiro atoms. The third kappa shape index (κ3) is 3.34. The zero-order valence-electron chi connectivity index (χ0n) is 7.14. The maximum absolute atomic E-state index is 12.2. The van der Waals surface area contributed by atoms with Crippen LogP contribution < -0.4 is 11.5 Å². The summed E-state index contributed by atoms with van der Waals surface area (Å²) in [6.07, 6.45) is -1.94. The van der Waals surface area contributed by atoms with E-state index in [2.05, 4.69) is 12.3 Å². The third-order valence-electron chi connectivity index (χ3n) is 1.26. The molecule has 6 heteroatoms. The topological polar surface area (TPSA) is 69.1 Å². The van der Waals surface area contributed by atoms with Crippen LogP contribution in [0.2, 0.25) is 0 Å². The van der Waals surface area contributed by atoms with E-state index < -0.39 is 23.4 Å². The first-order chi connectivity index (χ1) is 6.30. The van der Waals surface area contributed by atoms with Gasteiger partial charge in [-0.1, -0.05) is 18.7 Å². The van der Waals surface area contributed by atoms with Crippen LogP contribution in [0.25, 0.3) is 0 Å². The Morgan fingerprint density at radius 2 is 1.79 bits per heavy atom.